The molecule has 2 heterocycles. The van der Waals surface area contributed by atoms with Gasteiger partial charge in [0.15, 0.2) is 0 Å². The van der Waals surface area contributed by atoms with Gasteiger partial charge in [0.2, 0.25) is 5.91 Å². The number of amides is 1. The summed E-state index contributed by atoms with van der Waals surface area (Å²) in [5.41, 5.74) is 7.03. The van der Waals surface area contributed by atoms with Crippen LogP contribution in [0.2, 0.25) is 0 Å². The lowest BCUT2D eigenvalue weighted by molar-refractivity contribution is 0.100. The Bertz CT molecular complexity index is 679. The van der Waals surface area contributed by atoms with Crippen molar-refractivity contribution in [3.05, 3.63) is 34.2 Å². The summed E-state index contributed by atoms with van der Waals surface area (Å²) in [7, 11) is 0. The number of hydrogen-bond donors (Lipinski definition) is 3. The lowest BCUT2D eigenvalue weighted by Gasteiger charge is -2.23. The molecule has 0 aliphatic carbocycles. The van der Waals surface area contributed by atoms with Gasteiger partial charge in [-0.05, 0) is 44.1 Å². The Hall–Kier alpha value is -2.08. The quantitative estimate of drug-likeness (QED) is 0.727. The number of nitrogens with one attached hydrogen (secondary N) is 2. The molecule has 1 amide bonds. The van der Waals surface area contributed by atoms with Crippen LogP contribution in [0.25, 0.3) is 11.0 Å². The van der Waals surface area contributed by atoms with Crippen LogP contribution in [0, 0.1) is 0 Å². The van der Waals surface area contributed by atoms with Gasteiger partial charge in [-0.3, -0.25) is 9.36 Å². The molecule has 1 saturated heterocycles. The minimum Gasteiger partial charge on any atom is -0.366 e. The Balaban J connectivity index is 2.11. The Morgan fingerprint density at radius 3 is 2.74 bits per heavy atom. The van der Waals surface area contributed by atoms with Crippen LogP contribution in [0.5, 0.6) is 0 Å². The molecule has 6 heteroatoms. The molecule has 0 radical (unpaired) electrons. The van der Waals surface area contributed by atoms with Crippen molar-refractivity contribution >= 4 is 16.9 Å². The highest BCUT2D eigenvalue weighted by Gasteiger charge is 2.19. The van der Waals surface area contributed by atoms with Gasteiger partial charge in [-0.1, -0.05) is 0 Å². The third kappa shape index (κ3) is 2.04. The van der Waals surface area contributed by atoms with Gasteiger partial charge in [-0.2, -0.15) is 0 Å². The number of nitrogens with zero attached hydrogens (tertiary/aromatic N) is 1. The molecule has 2 aromatic rings. The van der Waals surface area contributed by atoms with Gasteiger partial charge in [0.1, 0.15) is 0 Å². The number of carbonyl (C=O) groups is 1. The zero-order valence-corrected chi connectivity index (χ0v) is 10.5. The number of rotatable bonds is 2. The van der Waals surface area contributed by atoms with Crippen molar-refractivity contribution in [1.29, 1.82) is 0 Å². The van der Waals surface area contributed by atoms with Gasteiger partial charge in [-0.15, -0.1) is 0 Å². The summed E-state index contributed by atoms with van der Waals surface area (Å²) >= 11 is 0. The maximum Gasteiger partial charge on any atom is 0.326 e. The number of fused-ring (bicyclic) bond motifs is 1. The second kappa shape index (κ2) is 4.55. The number of hydrogen-bond acceptors (Lipinski definition) is 3. The average Bonchev–Trinajstić information content (AvgIpc) is 2.74. The van der Waals surface area contributed by atoms with Crippen molar-refractivity contribution in [2.75, 3.05) is 13.1 Å². The normalized spacial score (nSPS) is 16.8. The van der Waals surface area contributed by atoms with E-state index in [1.165, 1.54) is 0 Å². The largest absolute Gasteiger partial charge is 0.366 e. The van der Waals surface area contributed by atoms with E-state index in [-0.39, 0.29) is 11.7 Å². The molecule has 6 nitrogen and oxygen atoms in total. The first-order chi connectivity index (χ1) is 9.16. The topological polar surface area (TPSA) is 92.9 Å². The van der Waals surface area contributed by atoms with E-state index in [0.29, 0.717) is 11.1 Å². The van der Waals surface area contributed by atoms with Gasteiger partial charge in [-0.25, -0.2) is 4.79 Å². The van der Waals surface area contributed by atoms with Crippen molar-refractivity contribution in [2.24, 2.45) is 5.73 Å². The number of benzene rings is 1. The van der Waals surface area contributed by atoms with Gasteiger partial charge in [0.05, 0.1) is 11.0 Å². The van der Waals surface area contributed by atoms with Crippen molar-refractivity contribution in [2.45, 2.75) is 18.9 Å². The molecule has 0 saturated carbocycles. The van der Waals surface area contributed by atoms with E-state index in [0.717, 1.165) is 31.4 Å². The number of piperidine rings is 1. The molecule has 19 heavy (non-hydrogen) atoms. The number of primary amides is 1. The minimum absolute atomic E-state index is 0.122. The van der Waals surface area contributed by atoms with Crippen molar-refractivity contribution < 1.29 is 4.79 Å². The highest BCUT2D eigenvalue weighted by Crippen LogP contribution is 2.22. The molecule has 1 aliphatic heterocycles. The number of nitrogens with two attached hydrogens (primary N) is 1. The first kappa shape index (κ1) is 12.0. The molecule has 1 aromatic heterocycles. The Labute approximate surface area is 109 Å². The van der Waals surface area contributed by atoms with E-state index in [1.807, 2.05) is 0 Å². The van der Waals surface area contributed by atoms with E-state index in [1.54, 1.807) is 22.8 Å². The molecule has 4 N–H and O–H groups in total. The highest BCUT2D eigenvalue weighted by atomic mass is 16.1. The highest BCUT2D eigenvalue weighted by molar-refractivity contribution is 5.96. The van der Waals surface area contributed by atoms with E-state index in [9.17, 15) is 9.59 Å². The van der Waals surface area contributed by atoms with Crippen LogP contribution in [0.3, 0.4) is 0 Å². The Kier molecular flexibility index (Phi) is 2.87. The van der Waals surface area contributed by atoms with Crippen LogP contribution in [0.15, 0.2) is 23.0 Å². The fourth-order valence-corrected chi connectivity index (χ4v) is 2.71. The van der Waals surface area contributed by atoms with Gasteiger partial charge in [0, 0.05) is 11.6 Å². The third-order valence-electron chi connectivity index (χ3n) is 3.67. The summed E-state index contributed by atoms with van der Waals surface area (Å²) in [6.07, 6.45) is 1.87. The summed E-state index contributed by atoms with van der Waals surface area (Å²) in [6.45, 7) is 1.84. The van der Waals surface area contributed by atoms with E-state index >= 15 is 0 Å². The van der Waals surface area contributed by atoms with Gasteiger partial charge >= 0.3 is 5.69 Å². The third-order valence-corrected chi connectivity index (χ3v) is 3.67. The lowest BCUT2D eigenvalue weighted by Crippen LogP contribution is -2.33. The minimum atomic E-state index is -0.489. The lowest BCUT2D eigenvalue weighted by atomic mass is 10.1. The smallest absolute Gasteiger partial charge is 0.326 e. The summed E-state index contributed by atoms with van der Waals surface area (Å²) in [5.74, 6) is -0.489. The summed E-state index contributed by atoms with van der Waals surface area (Å²) in [5, 5.41) is 3.28. The second-order valence-electron chi connectivity index (χ2n) is 4.88. The zero-order chi connectivity index (χ0) is 13.4. The summed E-state index contributed by atoms with van der Waals surface area (Å²) < 4.78 is 1.79. The SMILES string of the molecule is NC(=O)c1ccc2c(c1)[nH]c(=O)n2C1CCNCC1. The molecule has 0 atom stereocenters. The van der Waals surface area contributed by atoms with Crippen molar-refractivity contribution in [3.8, 4) is 0 Å². The molecular formula is C13H16N4O2. The molecule has 1 fully saturated rings. The first-order valence-electron chi connectivity index (χ1n) is 6.41. The molecule has 0 unspecified atom stereocenters. The predicted molar refractivity (Wildman–Crippen MR) is 72.2 cm³/mol. The number of carbonyl (C=O) groups excluding carboxylic acids is 1. The van der Waals surface area contributed by atoms with Gasteiger partial charge < -0.3 is 16.0 Å². The van der Waals surface area contributed by atoms with Crippen LogP contribution in [-0.2, 0) is 0 Å². The maximum absolute atomic E-state index is 12.1. The van der Waals surface area contributed by atoms with Gasteiger partial charge in [0.25, 0.3) is 0 Å². The second-order valence-corrected chi connectivity index (χ2v) is 4.88. The maximum atomic E-state index is 12.1. The van der Waals surface area contributed by atoms with Crippen molar-refractivity contribution in [3.63, 3.8) is 0 Å². The fraction of sp³-hybridized carbons (Fsp3) is 0.385. The zero-order valence-electron chi connectivity index (χ0n) is 10.5. The van der Waals surface area contributed by atoms with Crippen LogP contribution in [0.1, 0.15) is 29.2 Å². The number of aromatic amines is 1. The standard InChI is InChI=1S/C13H16N4O2/c14-12(18)8-1-2-11-10(7-8)16-13(19)17(11)9-3-5-15-6-4-9/h1-2,7,9,15H,3-6H2,(H2,14,18)(H,16,19). The fourth-order valence-electron chi connectivity index (χ4n) is 2.71. The first-order valence-corrected chi connectivity index (χ1v) is 6.41. The molecule has 1 aromatic carbocycles. The number of H-pyrrole nitrogens is 1. The molecule has 3 rings (SSSR count). The molecule has 100 valence electrons. The molecule has 1 aliphatic rings. The average molecular weight is 260 g/mol. The van der Waals surface area contributed by atoms with E-state index < -0.39 is 5.91 Å². The molecule has 0 bridgehead atoms. The summed E-state index contributed by atoms with van der Waals surface area (Å²) in [4.78, 5) is 26.0. The van der Waals surface area contributed by atoms with Crippen molar-refractivity contribution in [1.82, 2.24) is 14.9 Å². The van der Waals surface area contributed by atoms with Crippen LogP contribution < -0.4 is 16.7 Å². The molecule has 0 spiro atoms. The molecular weight excluding hydrogens is 244 g/mol. The Morgan fingerprint density at radius 2 is 2.05 bits per heavy atom. The van der Waals surface area contributed by atoms with Crippen LogP contribution >= 0.6 is 0 Å². The number of aromatic nitrogens is 2. The van der Waals surface area contributed by atoms with Crippen LogP contribution in [-0.4, -0.2) is 28.5 Å². The van der Waals surface area contributed by atoms with E-state index in [2.05, 4.69) is 10.3 Å². The predicted octanol–water partition coefficient (Wildman–Crippen LogP) is 0.353. The summed E-state index contributed by atoms with van der Waals surface area (Å²) in [6, 6.07) is 5.29. The van der Waals surface area contributed by atoms with E-state index in [4.69, 9.17) is 5.73 Å². The van der Waals surface area contributed by atoms with Crippen LogP contribution in [0.4, 0.5) is 0 Å². The monoisotopic (exact) mass is 260 g/mol. The Morgan fingerprint density at radius 1 is 1.32 bits per heavy atom. The number of imidazole rings is 1.